The smallest absolute Gasteiger partial charge is 0.266 e. The summed E-state index contributed by atoms with van der Waals surface area (Å²) in [6.07, 6.45) is -0.697. The van der Waals surface area contributed by atoms with Gasteiger partial charge in [-0.1, -0.05) is 18.2 Å². The molecule has 200 valence electrons. The molecule has 3 fully saturated rings. The van der Waals surface area contributed by atoms with Gasteiger partial charge in [-0.2, -0.15) is 0 Å². The van der Waals surface area contributed by atoms with Gasteiger partial charge < -0.3 is 20.1 Å². The van der Waals surface area contributed by atoms with Crippen LogP contribution in [0.5, 0.6) is 0 Å². The molecule has 3 aliphatic rings. The highest BCUT2D eigenvalue weighted by Crippen LogP contribution is 2.49. The molecular formula is C26H29F5N4O2. The normalized spacial score (nSPS) is 21.9. The number of rotatable bonds is 8. The number of nitrogens with one attached hydrogen (secondary N) is 2. The third-order valence-electron chi connectivity index (χ3n) is 8.17. The summed E-state index contributed by atoms with van der Waals surface area (Å²) in [6, 6.07) is 4.67. The van der Waals surface area contributed by atoms with Crippen LogP contribution in [-0.2, 0) is 12.1 Å². The number of amides is 1. The van der Waals surface area contributed by atoms with Gasteiger partial charge in [0.15, 0.2) is 0 Å². The Morgan fingerprint density at radius 1 is 1.16 bits per heavy atom. The number of piperidine rings is 1. The maximum atomic E-state index is 14.5. The van der Waals surface area contributed by atoms with Crippen LogP contribution in [0.3, 0.4) is 0 Å². The van der Waals surface area contributed by atoms with Gasteiger partial charge in [-0.05, 0) is 45.6 Å². The second-order valence-electron chi connectivity index (χ2n) is 10.5. The molecule has 1 aromatic carbocycles. The lowest BCUT2D eigenvalue weighted by molar-refractivity contribution is 0.0648. The van der Waals surface area contributed by atoms with Crippen LogP contribution >= 0.6 is 0 Å². The molecule has 6 nitrogen and oxygen atoms in total. The van der Waals surface area contributed by atoms with Gasteiger partial charge in [-0.15, -0.1) is 0 Å². The van der Waals surface area contributed by atoms with Crippen molar-refractivity contribution in [3.05, 3.63) is 63.3 Å². The zero-order chi connectivity index (χ0) is 26.5. The molecule has 1 amide bonds. The van der Waals surface area contributed by atoms with Gasteiger partial charge in [-0.3, -0.25) is 9.59 Å². The molecule has 11 heteroatoms. The Kier molecular flexibility index (Phi) is 6.54. The summed E-state index contributed by atoms with van der Waals surface area (Å²) in [4.78, 5) is 28.5. The van der Waals surface area contributed by atoms with Crippen LogP contribution in [0.15, 0.2) is 35.3 Å². The van der Waals surface area contributed by atoms with E-state index in [1.807, 2.05) is 0 Å². The quantitative estimate of drug-likeness (QED) is 0.494. The zero-order valence-electron chi connectivity index (χ0n) is 20.4. The van der Waals surface area contributed by atoms with Crippen LogP contribution in [0.1, 0.15) is 66.4 Å². The van der Waals surface area contributed by atoms with E-state index in [0.717, 1.165) is 49.1 Å². The number of pyridine rings is 1. The van der Waals surface area contributed by atoms with Gasteiger partial charge in [0.05, 0.1) is 16.8 Å². The van der Waals surface area contributed by atoms with Crippen molar-refractivity contribution in [3.63, 3.8) is 0 Å². The molecule has 2 N–H and O–H groups in total. The largest absolute Gasteiger partial charge is 0.381 e. The minimum absolute atomic E-state index is 0.0225. The molecule has 1 aromatic heterocycles. The minimum atomic E-state index is -3.01. The molecule has 37 heavy (non-hydrogen) atoms. The van der Waals surface area contributed by atoms with E-state index in [1.165, 1.54) is 18.2 Å². The standard InChI is InChI=1S/C26H29F5N4O2/c1-34-10-5-16(12-25(34)6-7-25)33-19-11-20(36)35(26(8-9-26)24(30)31)14-18(19)23(37)32-13-15-3-2-4-17(21(15)27)22(28)29/h2-4,11,14,16,22,24,33H,5-10,12-13H2,1H3,(H,32,37). The Morgan fingerprint density at radius 2 is 1.89 bits per heavy atom. The summed E-state index contributed by atoms with van der Waals surface area (Å²) in [5, 5.41) is 5.80. The van der Waals surface area contributed by atoms with Crippen molar-refractivity contribution in [1.82, 2.24) is 14.8 Å². The van der Waals surface area contributed by atoms with Gasteiger partial charge in [0.25, 0.3) is 24.3 Å². The van der Waals surface area contributed by atoms with Crippen molar-refractivity contribution >= 4 is 11.6 Å². The van der Waals surface area contributed by atoms with E-state index >= 15 is 0 Å². The maximum Gasteiger partial charge on any atom is 0.266 e. The monoisotopic (exact) mass is 524 g/mol. The van der Waals surface area contributed by atoms with Crippen LogP contribution in [0.25, 0.3) is 0 Å². The number of nitrogens with zero attached hydrogens (tertiary/aromatic N) is 2. The lowest BCUT2D eigenvalue weighted by Crippen LogP contribution is -2.46. The predicted molar refractivity (Wildman–Crippen MR) is 128 cm³/mol. The van der Waals surface area contributed by atoms with Crippen molar-refractivity contribution in [2.45, 2.75) is 75.0 Å². The number of aromatic nitrogens is 1. The Labute approximate surface area is 210 Å². The van der Waals surface area contributed by atoms with Crippen LogP contribution in [0.2, 0.25) is 0 Å². The molecule has 0 bridgehead atoms. The highest BCUT2D eigenvalue weighted by atomic mass is 19.3. The van der Waals surface area contributed by atoms with Gasteiger partial charge in [-0.25, -0.2) is 22.0 Å². The van der Waals surface area contributed by atoms with E-state index in [4.69, 9.17) is 0 Å². The highest BCUT2D eigenvalue weighted by Gasteiger charge is 2.54. The fourth-order valence-corrected chi connectivity index (χ4v) is 5.43. The fraction of sp³-hybridized carbons (Fsp3) is 0.538. The van der Waals surface area contributed by atoms with Gasteiger partial charge in [0.1, 0.15) is 11.4 Å². The average Bonchev–Trinajstić information content (AvgIpc) is 3.77. The minimum Gasteiger partial charge on any atom is -0.381 e. The van der Waals surface area contributed by atoms with Crippen LogP contribution in [0, 0.1) is 5.82 Å². The molecule has 1 unspecified atom stereocenters. The van der Waals surface area contributed by atoms with E-state index in [1.54, 1.807) is 0 Å². The first-order valence-corrected chi connectivity index (χ1v) is 12.4. The first kappa shape index (κ1) is 25.7. The second-order valence-corrected chi connectivity index (χ2v) is 10.5. The lowest BCUT2D eigenvalue weighted by Gasteiger charge is -2.38. The van der Waals surface area contributed by atoms with Crippen molar-refractivity contribution in [1.29, 1.82) is 0 Å². The van der Waals surface area contributed by atoms with Gasteiger partial charge >= 0.3 is 0 Å². The van der Waals surface area contributed by atoms with E-state index < -0.39 is 41.2 Å². The van der Waals surface area contributed by atoms with Crippen LogP contribution < -0.4 is 16.2 Å². The summed E-state index contributed by atoms with van der Waals surface area (Å²) < 4.78 is 69.1. The van der Waals surface area contributed by atoms with Crippen molar-refractivity contribution < 1.29 is 26.7 Å². The van der Waals surface area contributed by atoms with E-state index in [-0.39, 0.29) is 47.8 Å². The number of carbonyl (C=O) groups is 1. The summed E-state index contributed by atoms with van der Waals surface area (Å²) in [5.41, 5.74) is -2.89. The third kappa shape index (κ3) is 4.73. The van der Waals surface area contributed by atoms with E-state index in [0.29, 0.717) is 0 Å². The van der Waals surface area contributed by atoms with Crippen LogP contribution in [0.4, 0.5) is 27.6 Å². The Balaban J connectivity index is 1.43. The number of benzene rings is 1. The van der Waals surface area contributed by atoms with Crippen molar-refractivity contribution in [2.75, 3.05) is 18.9 Å². The number of alkyl halides is 4. The lowest BCUT2D eigenvalue weighted by atomic mass is 9.95. The molecule has 2 aliphatic carbocycles. The molecule has 2 saturated carbocycles. The molecule has 2 heterocycles. The summed E-state index contributed by atoms with van der Waals surface area (Å²) in [5.74, 6) is -1.84. The third-order valence-corrected chi connectivity index (χ3v) is 8.17. The summed E-state index contributed by atoms with van der Waals surface area (Å²) >= 11 is 0. The van der Waals surface area contributed by atoms with E-state index in [2.05, 4.69) is 22.6 Å². The first-order valence-electron chi connectivity index (χ1n) is 12.4. The number of likely N-dealkylation sites (tertiary alicyclic amines) is 1. The summed E-state index contributed by atoms with van der Waals surface area (Å²) in [6.45, 7) is 0.450. The maximum absolute atomic E-state index is 14.5. The number of anilines is 1. The topological polar surface area (TPSA) is 66.4 Å². The van der Waals surface area contributed by atoms with Gasteiger partial charge in [0.2, 0.25) is 0 Å². The number of hydrogen-bond acceptors (Lipinski definition) is 4. The second kappa shape index (κ2) is 9.41. The predicted octanol–water partition coefficient (Wildman–Crippen LogP) is 4.65. The van der Waals surface area contributed by atoms with Crippen molar-refractivity contribution in [3.8, 4) is 0 Å². The molecule has 1 spiro atoms. The molecule has 0 radical (unpaired) electrons. The highest BCUT2D eigenvalue weighted by molar-refractivity contribution is 5.99. The number of carbonyl (C=O) groups excluding carboxylic acids is 1. The zero-order valence-corrected chi connectivity index (χ0v) is 20.4. The van der Waals surface area contributed by atoms with Crippen LogP contribution in [-0.4, -0.2) is 47.0 Å². The number of halogens is 5. The number of hydrogen-bond donors (Lipinski definition) is 2. The SMILES string of the molecule is CN1CCC(Nc2cc(=O)n(C3(C(F)F)CC3)cc2C(=O)NCc2cccc(C(F)F)c2F)CC12CC2. The molecule has 1 saturated heterocycles. The Bertz CT molecular complexity index is 1260. The van der Waals surface area contributed by atoms with Crippen molar-refractivity contribution in [2.24, 2.45) is 0 Å². The molecule has 1 aliphatic heterocycles. The summed E-state index contributed by atoms with van der Waals surface area (Å²) in [7, 11) is 2.07. The molecule has 2 aromatic rings. The molecule has 1 atom stereocenters. The first-order chi connectivity index (χ1) is 17.6. The molecular weight excluding hydrogens is 495 g/mol. The Hall–Kier alpha value is -2.95. The van der Waals surface area contributed by atoms with E-state index in [9.17, 15) is 31.5 Å². The molecule has 5 rings (SSSR count). The van der Waals surface area contributed by atoms with Gasteiger partial charge in [0, 0.05) is 42.5 Å². The Morgan fingerprint density at radius 3 is 2.51 bits per heavy atom. The average molecular weight is 525 g/mol. The fourth-order valence-electron chi connectivity index (χ4n) is 5.43.